The zero-order chi connectivity index (χ0) is 18.1. The molecule has 0 rings (SSSR count). The molecule has 129 valence electrons. The maximum atomic E-state index is 9.65. The molecule has 22 heavy (non-hydrogen) atoms. The first-order chi connectivity index (χ1) is 9.44. The summed E-state index contributed by atoms with van der Waals surface area (Å²) in [7, 11) is -4.85. The first kappa shape index (κ1) is 22.9. The van der Waals surface area contributed by atoms with E-state index in [1.54, 1.807) is 0 Å². The van der Waals surface area contributed by atoms with Crippen molar-refractivity contribution in [2.75, 3.05) is 0 Å². The van der Waals surface area contributed by atoms with Crippen LogP contribution in [0.5, 0.6) is 0 Å². The van der Waals surface area contributed by atoms with E-state index in [0.29, 0.717) is 0 Å². The molecule has 0 aromatic carbocycles. The molecule has 0 spiro atoms. The summed E-state index contributed by atoms with van der Waals surface area (Å²) in [6.07, 6.45) is 0. The Bertz CT molecular complexity index is 344. The van der Waals surface area contributed by atoms with Gasteiger partial charge in [0.15, 0.2) is 0 Å². The summed E-state index contributed by atoms with van der Waals surface area (Å²) in [5.41, 5.74) is 0. The molecular formula is C16H40GeNSi4. The number of rotatable bonds is 7. The molecule has 0 aromatic heterocycles. The average molecular weight is 431 g/mol. The van der Waals surface area contributed by atoms with Crippen molar-refractivity contribution in [3.8, 4) is 6.07 Å². The van der Waals surface area contributed by atoms with Crippen LogP contribution in [-0.4, -0.2) is 46.6 Å². The summed E-state index contributed by atoms with van der Waals surface area (Å²) in [5, 5.41) is 10.6. The third kappa shape index (κ3) is 6.42. The summed E-state index contributed by atoms with van der Waals surface area (Å²) in [6.45, 7) is 31.1. The van der Waals surface area contributed by atoms with Crippen molar-refractivity contribution in [1.29, 1.82) is 5.26 Å². The van der Waals surface area contributed by atoms with Crippen LogP contribution in [0.3, 0.4) is 0 Å². The van der Waals surface area contributed by atoms with Crippen molar-refractivity contribution in [3.05, 3.63) is 0 Å². The molecule has 0 aliphatic rings. The predicted molar refractivity (Wildman–Crippen MR) is 117 cm³/mol. The Morgan fingerprint density at radius 3 is 1.00 bits per heavy atom. The van der Waals surface area contributed by atoms with Crippen molar-refractivity contribution < 1.29 is 0 Å². The maximum absolute atomic E-state index is 9.65. The summed E-state index contributed by atoms with van der Waals surface area (Å²) in [6, 6.07) is 2.68. The second-order valence-corrected chi connectivity index (χ2v) is 44.1. The van der Waals surface area contributed by atoms with Gasteiger partial charge in [0.25, 0.3) is 0 Å². The van der Waals surface area contributed by atoms with E-state index in [1.165, 1.54) is 0 Å². The molecule has 0 atom stereocenters. The molecule has 0 aromatic rings. The van der Waals surface area contributed by atoms with Crippen molar-refractivity contribution in [2.45, 2.75) is 91.8 Å². The molecule has 1 radical (unpaired) electrons. The normalized spacial score (nSPS) is 14.8. The van der Waals surface area contributed by atoms with E-state index in [-0.39, 0.29) is 0 Å². The molecule has 0 bridgehead atoms. The van der Waals surface area contributed by atoms with Crippen LogP contribution in [0, 0.1) is 11.3 Å². The summed E-state index contributed by atoms with van der Waals surface area (Å²) < 4.78 is 2.03. The molecule has 0 heterocycles. The van der Waals surface area contributed by atoms with Crippen LogP contribution in [0.2, 0.25) is 91.8 Å². The molecule has 0 N–H and O–H groups in total. The SMILES string of the molecule is C[Si](C)(C)[CH]([Ge]([CH2]C#N)[CH]([Si](C)(C)C)[Si](C)(C)C)[Si](C)(C)C. The topological polar surface area (TPSA) is 23.8 Å². The Hall–Kier alpha value is 0.900. The molecule has 0 aliphatic carbocycles. The average Bonchev–Trinajstić information content (AvgIpc) is 2.06. The zero-order valence-corrected chi connectivity index (χ0v) is 23.4. The second-order valence-electron chi connectivity index (χ2n) is 11.2. The quantitative estimate of drug-likeness (QED) is 0.437. The van der Waals surface area contributed by atoms with Gasteiger partial charge >= 0.3 is 150 Å². The fourth-order valence-electron chi connectivity index (χ4n) is 5.28. The van der Waals surface area contributed by atoms with Crippen LogP contribution < -0.4 is 0 Å². The van der Waals surface area contributed by atoms with Gasteiger partial charge in [-0.3, -0.25) is 0 Å². The Labute approximate surface area is 149 Å². The van der Waals surface area contributed by atoms with Gasteiger partial charge in [0.05, 0.1) is 0 Å². The summed E-state index contributed by atoms with van der Waals surface area (Å²) in [5.74, 6) is 0. The van der Waals surface area contributed by atoms with Crippen LogP contribution in [0.4, 0.5) is 0 Å². The van der Waals surface area contributed by atoms with Crippen LogP contribution in [0.25, 0.3) is 0 Å². The van der Waals surface area contributed by atoms with E-state index in [2.05, 4.69) is 84.6 Å². The van der Waals surface area contributed by atoms with Gasteiger partial charge in [0.2, 0.25) is 0 Å². The Balaban J connectivity index is 6.22. The van der Waals surface area contributed by atoms with Gasteiger partial charge in [0.1, 0.15) is 0 Å². The van der Waals surface area contributed by atoms with Crippen molar-refractivity contribution in [1.82, 2.24) is 0 Å². The van der Waals surface area contributed by atoms with E-state index in [4.69, 9.17) is 0 Å². The first-order valence-electron chi connectivity index (χ1n) is 8.66. The van der Waals surface area contributed by atoms with Crippen LogP contribution in [-0.2, 0) is 0 Å². The first-order valence-corrected chi connectivity index (χ1v) is 26.9. The van der Waals surface area contributed by atoms with Crippen molar-refractivity contribution in [3.63, 3.8) is 0 Å². The van der Waals surface area contributed by atoms with E-state index in [0.717, 1.165) is 13.2 Å². The fraction of sp³-hybridized carbons (Fsp3) is 0.938. The summed E-state index contributed by atoms with van der Waals surface area (Å²) in [4.78, 5) is 0. The Kier molecular flexibility index (Phi) is 7.73. The van der Waals surface area contributed by atoms with Gasteiger partial charge < -0.3 is 0 Å². The van der Waals surface area contributed by atoms with Gasteiger partial charge in [0, 0.05) is 0 Å². The third-order valence-electron chi connectivity index (χ3n) is 4.49. The number of nitrogens with zero attached hydrogens (tertiary/aromatic N) is 1. The zero-order valence-electron chi connectivity index (χ0n) is 17.3. The van der Waals surface area contributed by atoms with Crippen LogP contribution in [0.1, 0.15) is 0 Å². The van der Waals surface area contributed by atoms with Crippen molar-refractivity contribution in [2.24, 2.45) is 0 Å². The van der Waals surface area contributed by atoms with Crippen molar-refractivity contribution >= 4 is 46.6 Å². The second kappa shape index (κ2) is 7.42. The van der Waals surface area contributed by atoms with E-state index < -0.39 is 46.6 Å². The Morgan fingerprint density at radius 2 is 0.864 bits per heavy atom. The number of nitriles is 1. The standard InChI is InChI=1S/C16H40GeNSi4/c1-19(2,3)15(20(4,5)6)17(13-14-18)16(21(7,8)9)22(10,11)12/h15-16H,13H2,1-12H3. The van der Waals surface area contributed by atoms with Gasteiger partial charge in [-0.1, -0.05) is 0 Å². The van der Waals surface area contributed by atoms with Crippen LogP contribution >= 0.6 is 0 Å². The van der Waals surface area contributed by atoms with Gasteiger partial charge in [-0.2, -0.15) is 0 Å². The van der Waals surface area contributed by atoms with Gasteiger partial charge in [-0.15, -0.1) is 0 Å². The minimum atomic E-state index is -1.42. The molecule has 0 saturated carbocycles. The van der Waals surface area contributed by atoms with E-state index in [9.17, 15) is 5.26 Å². The number of hydrogen-bond acceptors (Lipinski definition) is 1. The minimum absolute atomic E-state index is 0.957. The van der Waals surface area contributed by atoms with Gasteiger partial charge in [-0.05, 0) is 0 Å². The molecule has 0 amide bonds. The molecule has 0 aliphatic heterocycles. The molecule has 0 fully saturated rings. The summed E-state index contributed by atoms with van der Waals surface area (Å²) >= 11 is -1.42. The fourth-order valence-corrected chi connectivity index (χ4v) is 69.5. The Morgan fingerprint density at radius 1 is 0.636 bits per heavy atom. The predicted octanol–water partition coefficient (Wildman–Crippen LogP) is 6.25. The molecular weight excluding hydrogens is 391 g/mol. The van der Waals surface area contributed by atoms with Gasteiger partial charge in [-0.25, -0.2) is 0 Å². The monoisotopic (exact) mass is 432 g/mol. The molecule has 0 saturated heterocycles. The molecule has 0 unspecified atom stereocenters. The van der Waals surface area contributed by atoms with Crippen LogP contribution in [0.15, 0.2) is 0 Å². The van der Waals surface area contributed by atoms with E-state index in [1.807, 2.05) is 0 Å². The molecule has 1 nitrogen and oxygen atoms in total. The molecule has 6 heteroatoms. The number of hydrogen-bond donors (Lipinski definition) is 0. The third-order valence-corrected chi connectivity index (χ3v) is 55.6. The van der Waals surface area contributed by atoms with E-state index >= 15 is 0 Å².